The number of amides is 1. The Morgan fingerprint density at radius 1 is 1.45 bits per heavy atom. The van der Waals surface area contributed by atoms with Gasteiger partial charge in [-0.3, -0.25) is 4.79 Å². The molecule has 0 radical (unpaired) electrons. The molecule has 0 atom stereocenters. The Hall–Kier alpha value is -2.29. The van der Waals surface area contributed by atoms with Gasteiger partial charge < -0.3 is 10.1 Å². The van der Waals surface area contributed by atoms with Crippen LogP contribution in [0, 0.1) is 5.82 Å². The lowest BCUT2D eigenvalue weighted by molar-refractivity contribution is -0.117. The fraction of sp³-hybridized carbons (Fsp3) is 0.231. The summed E-state index contributed by atoms with van der Waals surface area (Å²) in [6.07, 6.45) is 1.29. The highest BCUT2D eigenvalue weighted by Gasteiger charge is 2.14. The quantitative estimate of drug-likeness (QED) is 0.813. The highest BCUT2D eigenvalue weighted by atomic mass is 79.9. The first kappa shape index (κ1) is 16.1. The van der Waals surface area contributed by atoms with Crippen molar-refractivity contribution in [3.63, 3.8) is 0 Å². The molecule has 1 aromatic carbocycles. The minimum Gasteiger partial charge on any atom is -0.461 e. The summed E-state index contributed by atoms with van der Waals surface area (Å²) in [7, 11) is 0. The molecular formula is C13H12BrFN4O3. The van der Waals surface area contributed by atoms with Crippen molar-refractivity contribution < 1.29 is 18.7 Å². The van der Waals surface area contributed by atoms with E-state index in [2.05, 4.69) is 31.6 Å². The van der Waals surface area contributed by atoms with Crippen LogP contribution < -0.4 is 5.32 Å². The first-order chi connectivity index (χ1) is 10.5. The molecule has 2 rings (SSSR count). The molecule has 7 nitrogen and oxygen atoms in total. The van der Waals surface area contributed by atoms with Gasteiger partial charge in [-0.2, -0.15) is 0 Å². The number of halogens is 2. The van der Waals surface area contributed by atoms with Gasteiger partial charge in [0.05, 0.1) is 18.5 Å². The van der Waals surface area contributed by atoms with Gasteiger partial charge in [-0.05, 0) is 25.1 Å². The van der Waals surface area contributed by atoms with Crippen molar-refractivity contribution in [3.8, 4) is 0 Å². The van der Waals surface area contributed by atoms with E-state index in [1.54, 1.807) is 13.0 Å². The Morgan fingerprint density at radius 2 is 2.23 bits per heavy atom. The number of benzene rings is 1. The smallest absolute Gasteiger partial charge is 0.360 e. The molecule has 1 amide bonds. The number of nitrogens with zero attached hydrogens (tertiary/aromatic N) is 3. The maximum atomic E-state index is 13.6. The van der Waals surface area contributed by atoms with Gasteiger partial charge in [-0.1, -0.05) is 21.1 Å². The van der Waals surface area contributed by atoms with Gasteiger partial charge in [-0.25, -0.2) is 13.9 Å². The molecule has 2 aromatic rings. The summed E-state index contributed by atoms with van der Waals surface area (Å²) in [5.74, 6) is -1.68. The Morgan fingerprint density at radius 3 is 2.91 bits per heavy atom. The zero-order chi connectivity index (χ0) is 16.1. The van der Waals surface area contributed by atoms with E-state index >= 15 is 0 Å². The average molecular weight is 371 g/mol. The molecule has 116 valence electrons. The van der Waals surface area contributed by atoms with Crippen LogP contribution in [-0.4, -0.2) is 33.5 Å². The second-order valence-corrected chi connectivity index (χ2v) is 5.11. The van der Waals surface area contributed by atoms with Gasteiger partial charge in [0.2, 0.25) is 5.91 Å². The van der Waals surface area contributed by atoms with E-state index in [9.17, 15) is 14.0 Å². The predicted molar refractivity (Wildman–Crippen MR) is 78.7 cm³/mol. The van der Waals surface area contributed by atoms with E-state index in [-0.39, 0.29) is 24.5 Å². The van der Waals surface area contributed by atoms with Gasteiger partial charge in [0.25, 0.3) is 0 Å². The standard InChI is InChI=1S/C13H12BrFN4O3/c1-2-22-13(21)11-6-19(18-17-11)7-12(20)16-10-4-3-8(14)5-9(10)15/h3-6H,2,7H2,1H3,(H,16,20). The van der Waals surface area contributed by atoms with Crippen LogP contribution in [0.5, 0.6) is 0 Å². The molecule has 0 aliphatic heterocycles. The number of hydrogen-bond acceptors (Lipinski definition) is 5. The van der Waals surface area contributed by atoms with E-state index in [1.807, 2.05) is 0 Å². The van der Waals surface area contributed by atoms with Crippen LogP contribution in [0.15, 0.2) is 28.9 Å². The normalized spacial score (nSPS) is 10.3. The number of carbonyl (C=O) groups excluding carboxylic acids is 2. The fourth-order valence-electron chi connectivity index (χ4n) is 1.60. The first-order valence-electron chi connectivity index (χ1n) is 6.31. The molecule has 0 spiro atoms. The summed E-state index contributed by atoms with van der Waals surface area (Å²) in [6.45, 7) is 1.68. The number of nitrogens with one attached hydrogen (secondary N) is 1. The lowest BCUT2D eigenvalue weighted by Crippen LogP contribution is -2.19. The SMILES string of the molecule is CCOC(=O)c1cn(CC(=O)Nc2ccc(Br)cc2F)nn1. The number of esters is 1. The minimum atomic E-state index is -0.617. The fourth-order valence-corrected chi connectivity index (χ4v) is 1.94. The lowest BCUT2D eigenvalue weighted by atomic mass is 10.3. The Kier molecular flexibility index (Phi) is 5.21. The Bertz CT molecular complexity index is 704. The van der Waals surface area contributed by atoms with Crippen LogP contribution in [0.1, 0.15) is 17.4 Å². The topological polar surface area (TPSA) is 86.1 Å². The van der Waals surface area contributed by atoms with Crippen LogP contribution in [0.25, 0.3) is 0 Å². The number of anilines is 1. The lowest BCUT2D eigenvalue weighted by Gasteiger charge is -2.06. The van der Waals surface area contributed by atoms with Crippen LogP contribution in [0.2, 0.25) is 0 Å². The molecule has 0 bridgehead atoms. The highest BCUT2D eigenvalue weighted by molar-refractivity contribution is 9.10. The van der Waals surface area contributed by atoms with Crippen molar-refractivity contribution in [1.29, 1.82) is 0 Å². The molecule has 22 heavy (non-hydrogen) atoms. The third-order valence-corrected chi connectivity index (χ3v) is 3.03. The zero-order valence-electron chi connectivity index (χ0n) is 11.5. The maximum absolute atomic E-state index is 13.6. The molecule has 0 fully saturated rings. The molecule has 1 heterocycles. The first-order valence-corrected chi connectivity index (χ1v) is 7.11. The maximum Gasteiger partial charge on any atom is 0.360 e. The number of hydrogen-bond donors (Lipinski definition) is 1. The molecule has 0 saturated carbocycles. The third kappa shape index (κ3) is 4.10. The highest BCUT2D eigenvalue weighted by Crippen LogP contribution is 2.19. The predicted octanol–water partition coefficient (Wildman–Crippen LogP) is 2.00. The summed E-state index contributed by atoms with van der Waals surface area (Å²) in [5, 5.41) is 9.65. The van der Waals surface area contributed by atoms with E-state index in [4.69, 9.17) is 4.74 Å². The summed E-state index contributed by atoms with van der Waals surface area (Å²) >= 11 is 3.13. The monoisotopic (exact) mass is 370 g/mol. The zero-order valence-corrected chi connectivity index (χ0v) is 13.1. The van der Waals surface area contributed by atoms with Crippen molar-refractivity contribution in [2.75, 3.05) is 11.9 Å². The Balaban J connectivity index is 1.99. The molecule has 1 aromatic heterocycles. The summed E-state index contributed by atoms with van der Waals surface area (Å²) in [4.78, 5) is 23.2. The van der Waals surface area contributed by atoms with Gasteiger partial charge in [-0.15, -0.1) is 5.10 Å². The summed E-state index contributed by atoms with van der Waals surface area (Å²) < 4.78 is 20.1. The van der Waals surface area contributed by atoms with E-state index < -0.39 is 17.7 Å². The van der Waals surface area contributed by atoms with Gasteiger partial charge in [0, 0.05) is 4.47 Å². The van der Waals surface area contributed by atoms with Crippen LogP contribution in [0.4, 0.5) is 10.1 Å². The number of aromatic nitrogens is 3. The van der Waals surface area contributed by atoms with Crippen LogP contribution >= 0.6 is 15.9 Å². The minimum absolute atomic E-state index is 0.00414. The number of carbonyl (C=O) groups is 2. The Labute approximate surface area is 133 Å². The van der Waals surface area contributed by atoms with Crippen molar-refractivity contribution in [1.82, 2.24) is 15.0 Å². The average Bonchev–Trinajstić information content (AvgIpc) is 2.91. The second kappa shape index (κ2) is 7.12. The largest absolute Gasteiger partial charge is 0.461 e. The molecule has 0 aliphatic rings. The van der Waals surface area contributed by atoms with Gasteiger partial charge >= 0.3 is 5.97 Å². The second-order valence-electron chi connectivity index (χ2n) is 4.19. The van der Waals surface area contributed by atoms with E-state index in [0.29, 0.717) is 4.47 Å². The molecule has 0 aliphatic carbocycles. The number of rotatable bonds is 5. The molecule has 0 unspecified atom stereocenters. The van der Waals surface area contributed by atoms with Crippen LogP contribution in [0.3, 0.4) is 0 Å². The molecule has 9 heteroatoms. The third-order valence-electron chi connectivity index (χ3n) is 2.53. The molecule has 1 N–H and O–H groups in total. The van der Waals surface area contributed by atoms with Crippen molar-refractivity contribution in [2.24, 2.45) is 0 Å². The summed E-state index contributed by atoms with van der Waals surface area (Å²) in [6, 6.07) is 4.28. The molecule has 0 saturated heterocycles. The van der Waals surface area contributed by atoms with Crippen molar-refractivity contribution in [3.05, 3.63) is 40.4 Å². The molecular weight excluding hydrogens is 359 g/mol. The van der Waals surface area contributed by atoms with Gasteiger partial charge in [0.1, 0.15) is 12.4 Å². The number of ether oxygens (including phenoxy) is 1. The van der Waals surface area contributed by atoms with E-state index in [1.165, 1.54) is 23.0 Å². The van der Waals surface area contributed by atoms with E-state index in [0.717, 1.165) is 0 Å². The van der Waals surface area contributed by atoms with Crippen molar-refractivity contribution in [2.45, 2.75) is 13.5 Å². The van der Waals surface area contributed by atoms with Crippen LogP contribution in [-0.2, 0) is 16.1 Å². The van der Waals surface area contributed by atoms with Crippen molar-refractivity contribution >= 4 is 33.5 Å². The summed E-state index contributed by atoms with van der Waals surface area (Å²) in [5.41, 5.74) is 0.0587. The van der Waals surface area contributed by atoms with Gasteiger partial charge in [0.15, 0.2) is 5.69 Å².